The lowest BCUT2D eigenvalue weighted by atomic mass is 10.2. The molecule has 6 heteroatoms. The number of tetrazole rings is 1. The van der Waals surface area contributed by atoms with Gasteiger partial charge in [-0.25, -0.2) is 4.68 Å². The molecule has 1 aromatic rings. The van der Waals surface area contributed by atoms with E-state index in [1.54, 1.807) is 4.68 Å². The fourth-order valence-electron chi connectivity index (χ4n) is 1.17. The Balaban J connectivity index is 2.34. The van der Waals surface area contributed by atoms with Crippen LogP contribution in [0.15, 0.2) is 0 Å². The Morgan fingerprint density at radius 3 is 2.73 bits per heavy atom. The van der Waals surface area contributed by atoms with Gasteiger partial charge in [-0.3, -0.25) is 0 Å². The number of ether oxygens (including phenoxy) is 1. The first-order valence-corrected chi connectivity index (χ1v) is 5.20. The predicted molar refractivity (Wildman–Crippen MR) is 56.1 cm³/mol. The first-order valence-electron chi connectivity index (χ1n) is 5.20. The largest absolute Gasteiger partial charge is 0.379 e. The number of nitrogens with two attached hydrogens (primary N) is 1. The summed E-state index contributed by atoms with van der Waals surface area (Å²) in [4.78, 5) is 0. The number of hydrogen-bond donors (Lipinski definition) is 1. The van der Waals surface area contributed by atoms with E-state index in [1.807, 2.05) is 6.92 Å². The lowest BCUT2D eigenvalue weighted by Gasteiger charge is -2.08. The van der Waals surface area contributed by atoms with Crippen molar-refractivity contribution >= 4 is 0 Å². The van der Waals surface area contributed by atoms with E-state index < -0.39 is 0 Å². The zero-order chi connectivity index (χ0) is 11.3. The fraction of sp³-hybridized carbons (Fsp3) is 0.889. The molecule has 86 valence electrons. The molecule has 0 saturated carbocycles. The summed E-state index contributed by atoms with van der Waals surface area (Å²) in [6.07, 6.45) is 0. The van der Waals surface area contributed by atoms with Crippen LogP contribution in [0, 0.1) is 5.92 Å². The minimum absolute atomic E-state index is 0.148. The van der Waals surface area contributed by atoms with Gasteiger partial charge in [0.05, 0.1) is 19.2 Å². The molecule has 1 atom stereocenters. The topological polar surface area (TPSA) is 78.8 Å². The third-order valence-electron chi connectivity index (χ3n) is 1.87. The zero-order valence-corrected chi connectivity index (χ0v) is 9.55. The molecule has 15 heavy (non-hydrogen) atoms. The number of hydrogen-bond acceptors (Lipinski definition) is 5. The Labute approximate surface area is 89.8 Å². The highest BCUT2D eigenvalue weighted by atomic mass is 16.5. The second-order valence-electron chi connectivity index (χ2n) is 4.02. The van der Waals surface area contributed by atoms with Crippen LogP contribution in [0.25, 0.3) is 0 Å². The Kier molecular flexibility index (Phi) is 4.64. The summed E-state index contributed by atoms with van der Waals surface area (Å²) in [5.74, 6) is 1.25. The van der Waals surface area contributed by atoms with E-state index in [0.717, 1.165) is 6.61 Å². The second kappa shape index (κ2) is 5.77. The summed E-state index contributed by atoms with van der Waals surface area (Å²) in [6, 6.07) is -0.148. The molecule has 1 unspecified atom stereocenters. The van der Waals surface area contributed by atoms with Crippen molar-refractivity contribution in [2.75, 3.05) is 13.2 Å². The summed E-state index contributed by atoms with van der Waals surface area (Å²) >= 11 is 0. The third kappa shape index (κ3) is 3.93. The molecule has 0 radical (unpaired) electrons. The van der Waals surface area contributed by atoms with Crippen LogP contribution in [0.5, 0.6) is 0 Å². The minimum atomic E-state index is -0.148. The molecule has 0 aliphatic heterocycles. The Bertz CT molecular complexity index is 284. The Hall–Kier alpha value is -1.01. The predicted octanol–water partition coefficient (Wildman–Crippen LogP) is 0.365. The Morgan fingerprint density at radius 1 is 1.40 bits per heavy atom. The molecule has 0 aliphatic carbocycles. The molecule has 0 saturated heterocycles. The van der Waals surface area contributed by atoms with E-state index in [-0.39, 0.29) is 6.04 Å². The van der Waals surface area contributed by atoms with Crippen LogP contribution in [0.3, 0.4) is 0 Å². The lowest BCUT2D eigenvalue weighted by molar-refractivity contribution is 0.0998. The molecule has 0 amide bonds. The van der Waals surface area contributed by atoms with Crippen molar-refractivity contribution in [3.63, 3.8) is 0 Å². The van der Waals surface area contributed by atoms with Crippen LogP contribution < -0.4 is 5.73 Å². The van der Waals surface area contributed by atoms with Gasteiger partial charge in [-0.1, -0.05) is 13.8 Å². The molecule has 1 heterocycles. The smallest absolute Gasteiger partial charge is 0.167 e. The highest BCUT2D eigenvalue weighted by Gasteiger charge is 2.09. The van der Waals surface area contributed by atoms with E-state index in [9.17, 15) is 0 Å². The van der Waals surface area contributed by atoms with E-state index in [2.05, 4.69) is 29.4 Å². The zero-order valence-electron chi connectivity index (χ0n) is 9.55. The van der Waals surface area contributed by atoms with Crippen molar-refractivity contribution in [1.82, 2.24) is 20.2 Å². The number of rotatable bonds is 6. The fourth-order valence-corrected chi connectivity index (χ4v) is 1.17. The van der Waals surface area contributed by atoms with E-state index in [0.29, 0.717) is 24.9 Å². The summed E-state index contributed by atoms with van der Waals surface area (Å²) in [5.41, 5.74) is 5.71. The van der Waals surface area contributed by atoms with Gasteiger partial charge in [-0.05, 0) is 23.3 Å². The molecular formula is C9H19N5O. The van der Waals surface area contributed by atoms with Crippen LogP contribution in [0.1, 0.15) is 32.6 Å². The van der Waals surface area contributed by atoms with Crippen molar-refractivity contribution in [2.24, 2.45) is 11.7 Å². The monoisotopic (exact) mass is 213 g/mol. The van der Waals surface area contributed by atoms with Crippen LogP contribution in [-0.2, 0) is 11.3 Å². The normalized spacial score (nSPS) is 13.4. The van der Waals surface area contributed by atoms with Crippen LogP contribution >= 0.6 is 0 Å². The molecule has 0 bridgehead atoms. The van der Waals surface area contributed by atoms with Crippen molar-refractivity contribution in [3.05, 3.63) is 5.82 Å². The average Bonchev–Trinajstić information content (AvgIpc) is 2.60. The van der Waals surface area contributed by atoms with Gasteiger partial charge in [0.15, 0.2) is 5.82 Å². The highest BCUT2D eigenvalue weighted by molar-refractivity contribution is 4.86. The van der Waals surface area contributed by atoms with Gasteiger partial charge in [0, 0.05) is 6.61 Å². The van der Waals surface area contributed by atoms with Gasteiger partial charge in [-0.15, -0.1) is 5.10 Å². The van der Waals surface area contributed by atoms with Crippen molar-refractivity contribution in [3.8, 4) is 0 Å². The van der Waals surface area contributed by atoms with Crippen LogP contribution in [0.4, 0.5) is 0 Å². The number of nitrogens with zero attached hydrogens (tertiary/aromatic N) is 4. The van der Waals surface area contributed by atoms with Crippen LogP contribution in [0.2, 0.25) is 0 Å². The van der Waals surface area contributed by atoms with Crippen LogP contribution in [-0.4, -0.2) is 33.4 Å². The van der Waals surface area contributed by atoms with Gasteiger partial charge < -0.3 is 10.5 Å². The maximum atomic E-state index is 5.71. The number of aromatic nitrogens is 4. The van der Waals surface area contributed by atoms with Gasteiger partial charge >= 0.3 is 0 Å². The first-order chi connectivity index (χ1) is 7.11. The quantitative estimate of drug-likeness (QED) is 0.690. The average molecular weight is 213 g/mol. The van der Waals surface area contributed by atoms with Crippen molar-refractivity contribution in [1.29, 1.82) is 0 Å². The highest BCUT2D eigenvalue weighted by Crippen LogP contribution is 2.03. The molecule has 0 spiro atoms. The molecule has 0 aromatic carbocycles. The first kappa shape index (κ1) is 12.1. The summed E-state index contributed by atoms with van der Waals surface area (Å²) in [6.45, 7) is 8.11. The van der Waals surface area contributed by atoms with Gasteiger partial charge in [0.1, 0.15) is 0 Å². The third-order valence-corrected chi connectivity index (χ3v) is 1.87. The summed E-state index contributed by atoms with van der Waals surface area (Å²) in [7, 11) is 0. The molecular weight excluding hydrogens is 194 g/mol. The lowest BCUT2D eigenvalue weighted by Crippen LogP contribution is -2.17. The van der Waals surface area contributed by atoms with E-state index in [4.69, 9.17) is 10.5 Å². The maximum Gasteiger partial charge on any atom is 0.167 e. The summed E-state index contributed by atoms with van der Waals surface area (Å²) < 4.78 is 7.13. The van der Waals surface area contributed by atoms with Crippen molar-refractivity contribution < 1.29 is 4.74 Å². The molecule has 1 rings (SSSR count). The molecule has 2 N–H and O–H groups in total. The molecule has 6 nitrogen and oxygen atoms in total. The van der Waals surface area contributed by atoms with Crippen molar-refractivity contribution in [2.45, 2.75) is 33.4 Å². The standard InChI is InChI=1S/C9H19N5O/c1-7(2)6-15-5-4-14-9(8(3)10)11-12-13-14/h7-8H,4-6,10H2,1-3H3. The summed E-state index contributed by atoms with van der Waals surface area (Å²) in [5, 5.41) is 11.3. The second-order valence-corrected chi connectivity index (χ2v) is 4.02. The van der Waals surface area contributed by atoms with E-state index in [1.165, 1.54) is 0 Å². The molecule has 0 aliphatic rings. The Morgan fingerprint density at radius 2 is 2.13 bits per heavy atom. The SMILES string of the molecule is CC(C)COCCn1nnnc1C(C)N. The molecule has 1 aromatic heterocycles. The maximum absolute atomic E-state index is 5.71. The van der Waals surface area contributed by atoms with Gasteiger partial charge in [0.2, 0.25) is 0 Å². The minimum Gasteiger partial charge on any atom is -0.379 e. The van der Waals surface area contributed by atoms with Gasteiger partial charge in [-0.2, -0.15) is 0 Å². The van der Waals surface area contributed by atoms with E-state index >= 15 is 0 Å². The van der Waals surface area contributed by atoms with Gasteiger partial charge in [0.25, 0.3) is 0 Å². The molecule has 0 fully saturated rings.